The Morgan fingerprint density at radius 2 is 1.64 bits per heavy atom. The number of benzene rings is 3. The van der Waals surface area contributed by atoms with E-state index in [-0.39, 0.29) is 31.9 Å². The predicted molar refractivity (Wildman–Crippen MR) is 150 cm³/mol. The number of amides is 1. The van der Waals surface area contributed by atoms with Gasteiger partial charge in [-0.1, -0.05) is 84.4 Å². The highest BCUT2D eigenvalue weighted by molar-refractivity contribution is 6.37. The molecule has 0 bridgehead atoms. The number of carbonyl (C=O) groups is 2. The number of carboxylic acid groups (broad SMARTS) is 1. The third-order valence-corrected chi connectivity index (χ3v) is 6.24. The molecule has 1 atom stereocenters. The van der Waals surface area contributed by atoms with Crippen molar-refractivity contribution in [3.05, 3.63) is 113 Å². The summed E-state index contributed by atoms with van der Waals surface area (Å²) in [6.45, 7) is 0.608. The van der Waals surface area contributed by atoms with E-state index in [1.54, 1.807) is 24.3 Å². The number of aliphatic carboxylic acids is 1. The Kier molecular flexibility index (Phi) is 9.64. The summed E-state index contributed by atoms with van der Waals surface area (Å²) in [6.07, 6.45) is -1.39. The molecule has 3 aromatic carbocycles. The van der Waals surface area contributed by atoms with E-state index in [0.29, 0.717) is 22.0 Å². The fraction of sp³-hybridized carbons (Fsp3) is 0.167. The molecule has 1 heterocycles. The topological polar surface area (TPSA) is 121 Å². The van der Waals surface area contributed by atoms with E-state index in [4.69, 9.17) is 21.4 Å². The van der Waals surface area contributed by atoms with Crippen molar-refractivity contribution in [2.24, 2.45) is 0 Å². The Bertz CT molecular complexity index is 1420. The summed E-state index contributed by atoms with van der Waals surface area (Å²) in [5.74, 6) is -0.922. The number of ether oxygens (including phenoxy) is 1. The Morgan fingerprint density at radius 3 is 2.36 bits per heavy atom. The zero-order chi connectivity index (χ0) is 27.6. The Hall–Kier alpha value is -4.24. The molecule has 0 saturated heterocycles. The van der Waals surface area contributed by atoms with Crippen molar-refractivity contribution in [1.82, 2.24) is 10.3 Å². The van der Waals surface area contributed by atoms with E-state index in [0.717, 1.165) is 16.7 Å². The Labute approximate surface area is 231 Å². The second-order valence-electron chi connectivity index (χ2n) is 8.80. The first-order valence-electron chi connectivity index (χ1n) is 12.3. The molecule has 4 aromatic rings. The summed E-state index contributed by atoms with van der Waals surface area (Å²) in [5, 5.41) is 24.8. The fourth-order valence-electron chi connectivity index (χ4n) is 3.90. The van der Waals surface area contributed by atoms with E-state index in [1.165, 1.54) is 0 Å². The van der Waals surface area contributed by atoms with Crippen LogP contribution in [0, 0.1) is 0 Å². The molecule has 1 amide bonds. The average molecular weight is 546 g/mol. The van der Waals surface area contributed by atoms with Gasteiger partial charge in [-0.25, -0.2) is 0 Å². The summed E-state index contributed by atoms with van der Waals surface area (Å²) in [4.78, 5) is 28.5. The predicted octanol–water partition coefficient (Wildman–Crippen LogP) is 5.16. The van der Waals surface area contributed by atoms with Gasteiger partial charge in [0, 0.05) is 24.2 Å². The minimum atomic E-state index is -1.08. The van der Waals surface area contributed by atoms with Gasteiger partial charge < -0.3 is 25.6 Å². The maximum atomic E-state index is 13.2. The molecule has 0 spiro atoms. The molecule has 0 saturated carbocycles. The lowest BCUT2D eigenvalue weighted by molar-refractivity contribution is -0.139. The highest BCUT2D eigenvalue weighted by Crippen LogP contribution is 2.31. The van der Waals surface area contributed by atoms with Gasteiger partial charge in [0.25, 0.3) is 5.91 Å². The van der Waals surface area contributed by atoms with Crippen LogP contribution in [0.2, 0.25) is 5.02 Å². The van der Waals surface area contributed by atoms with Gasteiger partial charge >= 0.3 is 5.97 Å². The van der Waals surface area contributed by atoms with Crippen LogP contribution < -0.4 is 15.4 Å². The number of nitrogens with zero attached hydrogens (tertiary/aromatic N) is 1. The summed E-state index contributed by atoms with van der Waals surface area (Å²) in [7, 11) is 0. The number of aliphatic hydroxyl groups excluding tert-OH is 1. The van der Waals surface area contributed by atoms with Crippen LogP contribution in [0.3, 0.4) is 0 Å². The number of aromatic nitrogens is 1. The van der Waals surface area contributed by atoms with Crippen LogP contribution in [0.4, 0.5) is 5.82 Å². The number of anilines is 1. The second-order valence-corrected chi connectivity index (χ2v) is 9.18. The van der Waals surface area contributed by atoms with Gasteiger partial charge in [-0.3, -0.25) is 9.59 Å². The summed E-state index contributed by atoms with van der Waals surface area (Å²) in [5.41, 5.74) is 3.57. The number of rotatable bonds is 12. The molecule has 8 nitrogen and oxygen atoms in total. The highest BCUT2D eigenvalue weighted by Gasteiger charge is 2.17. The van der Waals surface area contributed by atoms with Gasteiger partial charge in [-0.2, -0.15) is 4.98 Å². The third kappa shape index (κ3) is 7.87. The summed E-state index contributed by atoms with van der Waals surface area (Å²) in [6, 6.07) is 27.8. The van der Waals surface area contributed by atoms with Crippen LogP contribution in [0.25, 0.3) is 11.1 Å². The first-order valence-corrected chi connectivity index (χ1v) is 12.7. The average Bonchev–Trinajstić information content (AvgIpc) is 2.93. The van der Waals surface area contributed by atoms with Crippen molar-refractivity contribution in [1.29, 1.82) is 0 Å². The number of pyridine rings is 1. The van der Waals surface area contributed by atoms with E-state index in [9.17, 15) is 14.7 Å². The molecule has 1 aromatic heterocycles. The fourth-order valence-corrected chi connectivity index (χ4v) is 4.22. The van der Waals surface area contributed by atoms with Crippen LogP contribution in [0.1, 0.15) is 27.9 Å². The van der Waals surface area contributed by atoms with E-state index in [1.807, 2.05) is 66.7 Å². The molecule has 200 valence electrons. The van der Waals surface area contributed by atoms with Gasteiger partial charge in [-0.15, -0.1) is 0 Å². The van der Waals surface area contributed by atoms with Gasteiger partial charge in [-0.05, 0) is 29.3 Å². The largest absolute Gasteiger partial charge is 0.481 e. The number of halogens is 1. The molecule has 0 radical (unpaired) electrons. The minimum absolute atomic E-state index is 0.0825. The first kappa shape index (κ1) is 27.8. The maximum Gasteiger partial charge on any atom is 0.306 e. The second kappa shape index (κ2) is 13.5. The summed E-state index contributed by atoms with van der Waals surface area (Å²) >= 11 is 6.62. The first-order chi connectivity index (χ1) is 18.9. The van der Waals surface area contributed by atoms with Crippen molar-refractivity contribution in [2.45, 2.75) is 25.7 Å². The van der Waals surface area contributed by atoms with Crippen LogP contribution in [-0.4, -0.2) is 39.7 Å². The third-order valence-electron chi connectivity index (χ3n) is 5.83. The normalized spacial score (nSPS) is 11.5. The Morgan fingerprint density at radius 1 is 0.923 bits per heavy atom. The standard InChI is InChI=1S/C30H28ClN3O5/c31-28-24(21-10-5-2-6-11-21)12-7-13-25(28)29(38)33-26-15-14-22(17-32-18-23(35)16-27(36)37)30(34-26)39-19-20-8-3-1-4-9-20/h1-15,23,32,35H,16-19H2,(H,36,37)(H,33,34,38)/t23-/m0/s1. The van der Waals surface area contributed by atoms with E-state index < -0.39 is 18.0 Å². The maximum absolute atomic E-state index is 13.2. The SMILES string of the molecule is O=C(O)C[C@H](O)CNCc1ccc(NC(=O)c2cccc(-c3ccccc3)c2Cl)nc1OCc1ccccc1. The number of hydrogen-bond donors (Lipinski definition) is 4. The number of carboxylic acids is 1. The van der Waals surface area contributed by atoms with Gasteiger partial charge in [0.1, 0.15) is 12.4 Å². The molecule has 4 N–H and O–H groups in total. The molecule has 0 aliphatic heterocycles. The van der Waals surface area contributed by atoms with Crippen LogP contribution in [0.15, 0.2) is 91.0 Å². The molecule has 9 heteroatoms. The zero-order valence-electron chi connectivity index (χ0n) is 21.0. The molecule has 0 fully saturated rings. The van der Waals surface area contributed by atoms with E-state index in [2.05, 4.69) is 15.6 Å². The number of hydrogen-bond acceptors (Lipinski definition) is 6. The van der Waals surface area contributed by atoms with Gasteiger partial charge in [0.2, 0.25) is 5.88 Å². The van der Waals surface area contributed by atoms with Crippen molar-refractivity contribution >= 4 is 29.3 Å². The Balaban J connectivity index is 1.51. The van der Waals surface area contributed by atoms with Gasteiger partial charge in [0.05, 0.1) is 23.1 Å². The van der Waals surface area contributed by atoms with Crippen LogP contribution in [0.5, 0.6) is 5.88 Å². The van der Waals surface area contributed by atoms with Crippen molar-refractivity contribution in [3.8, 4) is 17.0 Å². The molecule has 0 unspecified atom stereocenters. The van der Waals surface area contributed by atoms with E-state index >= 15 is 0 Å². The number of aliphatic hydroxyl groups is 1. The highest BCUT2D eigenvalue weighted by atomic mass is 35.5. The van der Waals surface area contributed by atoms with Crippen LogP contribution >= 0.6 is 11.6 Å². The lowest BCUT2D eigenvalue weighted by Gasteiger charge is -2.15. The van der Waals surface area contributed by atoms with Crippen molar-refractivity contribution in [2.75, 3.05) is 11.9 Å². The van der Waals surface area contributed by atoms with Gasteiger partial charge in [0.15, 0.2) is 0 Å². The molecular formula is C30H28ClN3O5. The minimum Gasteiger partial charge on any atom is -0.481 e. The monoisotopic (exact) mass is 545 g/mol. The smallest absolute Gasteiger partial charge is 0.306 e. The molecule has 4 rings (SSSR count). The molecule has 39 heavy (non-hydrogen) atoms. The quantitative estimate of drug-likeness (QED) is 0.194. The lowest BCUT2D eigenvalue weighted by Crippen LogP contribution is -2.28. The number of nitrogens with one attached hydrogen (secondary N) is 2. The molecule has 0 aliphatic rings. The lowest BCUT2D eigenvalue weighted by atomic mass is 10.0. The zero-order valence-corrected chi connectivity index (χ0v) is 21.8. The van der Waals surface area contributed by atoms with Crippen molar-refractivity contribution in [3.63, 3.8) is 0 Å². The van der Waals surface area contributed by atoms with Crippen molar-refractivity contribution < 1.29 is 24.5 Å². The summed E-state index contributed by atoms with van der Waals surface area (Å²) < 4.78 is 5.99. The molecular weight excluding hydrogens is 518 g/mol. The van der Waals surface area contributed by atoms with Crippen LogP contribution in [-0.2, 0) is 17.9 Å². The molecule has 0 aliphatic carbocycles. The number of carbonyl (C=O) groups excluding carboxylic acids is 1.